The summed E-state index contributed by atoms with van der Waals surface area (Å²) in [6, 6.07) is 52.2. The first kappa shape index (κ1) is 31.9. The van der Waals surface area contributed by atoms with E-state index in [9.17, 15) is 0 Å². The van der Waals surface area contributed by atoms with Crippen LogP contribution in [0.1, 0.15) is 0 Å². The van der Waals surface area contributed by atoms with Crippen molar-refractivity contribution >= 4 is 110 Å². The molecule has 6 aromatic heterocycles. The zero-order valence-corrected chi connectivity index (χ0v) is 32.3. The Morgan fingerprint density at radius 1 is 0.293 bits per heavy atom. The lowest BCUT2D eigenvalue weighted by molar-refractivity contribution is 1.24. The predicted octanol–water partition coefficient (Wildman–Crippen LogP) is 13.5. The van der Waals surface area contributed by atoms with Gasteiger partial charge in [0.15, 0.2) is 0 Å². The van der Waals surface area contributed by atoms with E-state index in [0.717, 1.165) is 63.7 Å². The number of hydrogen-bond acceptors (Lipinski definition) is 6. The zero-order chi connectivity index (χ0) is 37.9. The second-order valence-corrected chi connectivity index (χ2v) is 16.6. The van der Waals surface area contributed by atoms with Crippen LogP contribution >= 0.6 is 22.7 Å². The molecule has 0 bridgehead atoms. The van der Waals surface area contributed by atoms with Crippen LogP contribution < -0.4 is 0 Å². The highest BCUT2D eigenvalue weighted by atomic mass is 32.1. The van der Waals surface area contributed by atoms with Crippen molar-refractivity contribution in [2.75, 3.05) is 0 Å². The fourth-order valence-electron chi connectivity index (χ4n) is 9.20. The number of aromatic nitrogens is 6. The van der Waals surface area contributed by atoms with E-state index in [1.165, 1.54) is 54.4 Å². The molecule has 0 saturated heterocycles. The maximum Gasteiger partial charge on any atom is 0.109 e. The smallest absolute Gasteiger partial charge is 0.109 e. The van der Waals surface area contributed by atoms with Crippen LogP contribution in [0.2, 0.25) is 0 Å². The summed E-state index contributed by atoms with van der Waals surface area (Å²) in [5.41, 5.74) is 9.84. The Balaban J connectivity index is 1.13. The van der Waals surface area contributed by atoms with Gasteiger partial charge in [-0.25, -0.2) is 0 Å². The second kappa shape index (κ2) is 12.1. The van der Waals surface area contributed by atoms with E-state index in [4.69, 9.17) is 19.9 Å². The minimum absolute atomic E-state index is 0.808. The monoisotopic (exact) mass is 776 g/mol. The van der Waals surface area contributed by atoms with Gasteiger partial charge in [0.1, 0.15) is 32.1 Å². The van der Waals surface area contributed by atoms with Crippen molar-refractivity contribution in [3.8, 4) is 30.9 Å². The molecule has 0 saturated carbocycles. The van der Waals surface area contributed by atoms with E-state index in [0.29, 0.717) is 0 Å². The maximum absolute atomic E-state index is 5.16. The van der Waals surface area contributed by atoms with Crippen LogP contribution in [0.5, 0.6) is 0 Å². The molecule has 270 valence electrons. The summed E-state index contributed by atoms with van der Waals surface area (Å²) in [4.78, 5) is 22.8. The van der Waals surface area contributed by atoms with E-state index < -0.39 is 0 Å². The highest BCUT2D eigenvalue weighted by Crippen LogP contribution is 2.52. The molecule has 58 heavy (non-hydrogen) atoms. The lowest BCUT2D eigenvalue weighted by Gasteiger charge is -2.13. The molecule has 8 heteroatoms. The van der Waals surface area contributed by atoms with E-state index in [-0.39, 0.29) is 0 Å². The van der Waals surface area contributed by atoms with Crippen LogP contribution in [0.25, 0.3) is 118 Å². The molecule has 0 aliphatic carbocycles. The van der Waals surface area contributed by atoms with Crippen LogP contribution in [0.15, 0.2) is 170 Å². The molecule has 0 N–H and O–H groups in total. The van der Waals surface area contributed by atoms with Gasteiger partial charge >= 0.3 is 0 Å². The molecule has 0 radical (unpaired) electrons. The fraction of sp³-hybridized carbons (Fsp3) is 0. The maximum atomic E-state index is 5.16. The van der Waals surface area contributed by atoms with Crippen molar-refractivity contribution < 1.29 is 0 Å². The van der Waals surface area contributed by atoms with Crippen molar-refractivity contribution in [3.05, 3.63) is 170 Å². The first-order chi connectivity index (χ1) is 28.8. The van der Waals surface area contributed by atoms with Gasteiger partial charge in [0.05, 0.1) is 22.1 Å². The molecule has 0 spiro atoms. The van der Waals surface area contributed by atoms with E-state index in [1.54, 1.807) is 47.5 Å². The van der Waals surface area contributed by atoms with Gasteiger partial charge in [0.2, 0.25) is 0 Å². The Bertz CT molecular complexity index is 3420. The SMILES string of the molecule is c1ccc2c(-n3c4ccccc4c4ccccc43)sc(-c3c4nccnc4c(-c4sc(-n5c6ccccc6c6ccccc65)c5ccccc45)c4nccnc34)c2c1. The van der Waals surface area contributed by atoms with Gasteiger partial charge in [-0.1, -0.05) is 121 Å². The second-order valence-electron chi connectivity index (χ2n) is 14.6. The number of hydrogen-bond donors (Lipinski definition) is 0. The Kier molecular flexibility index (Phi) is 6.66. The van der Waals surface area contributed by atoms with Gasteiger partial charge in [0.25, 0.3) is 0 Å². The molecule has 0 aliphatic rings. The standard InChI is InChI=1S/C50H28N6S2/c1-3-19-35-33(17-1)47(57-49(35)55-37-21-9-5-13-29(37)30-14-6-10-22-38(30)55)41-43-45(53-27-25-51-43)42(46-44(41)52-26-28-54-46)48-34-18-2-4-20-36(34)50(58-48)56-39-23-11-7-15-31(39)32-16-8-12-24-40(32)56/h1-28H. The Labute approximate surface area is 338 Å². The van der Waals surface area contributed by atoms with Gasteiger partial charge in [0, 0.05) is 88.8 Å². The number of fused-ring (bicyclic) bond motifs is 10. The van der Waals surface area contributed by atoms with Gasteiger partial charge < -0.3 is 9.13 Å². The van der Waals surface area contributed by atoms with E-state index >= 15 is 0 Å². The van der Waals surface area contributed by atoms with Crippen LogP contribution in [0, 0.1) is 0 Å². The normalized spacial score (nSPS) is 12.1. The Morgan fingerprint density at radius 2 is 0.552 bits per heavy atom. The number of para-hydroxylation sites is 4. The average molecular weight is 777 g/mol. The molecule has 7 aromatic carbocycles. The highest BCUT2D eigenvalue weighted by molar-refractivity contribution is 7.21. The van der Waals surface area contributed by atoms with Crippen LogP contribution in [-0.4, -0.2) is 29.1 Å². The Morgan fingerprint density at radius 3 is 0.862 bits per heavy atom. The zero-order valence-electron chi connectivity index (χ0n) is 30.7. The van der Waals surface area contributed by atoms with E-state index in [2.05, 4.69) is 155 Å². The fourth-order valence-corrected chi connectivity index (χ4v) is 11.9. The molecule has 0 amide bonds. The predicted molar refractivity (Wildman–Crippen MR) is 243 cm³/mol. The first-order valence-corrected chi connectivity index (χ1v) is 20.8. The first-order valence-electron chi connectivity index (χ1n) is 19.2. The van der Waals surface area contributed by atoms with Crippen LogP contribution in [0.4, 0.5) is 0 Å². The largest absolute Gasteiger partial charge is 0.300 e. The number of nitrogens with zero attached hydrogens (tertiary/aromatic N) is 6. The summed E-state index contributed by atoms with van der Waals surface area (Å²) in [6.07, 6.45) is 7.21. The summed E-state index contributed by atoms with van der Waals surface area (Å²) in [5.74, 6) is 0. The van der Waals surface area contributed by atoms with Gasteiger partial charge in [-0.05, 0) is 24.3 Å². The van der Waals surface area contributed by atoms with Crippen molar-refractivity contribution in [2.24, 2.45) is 0 Å². The quantitative estimate of drug-likeness (QED) is 0.167. The van der Waals surface area contributed by atoms with Crippen LogP contribution in [-0.2, 0) is 0 Å². The van der Waals surface area contributed by atoms with Crippen molar-refractivity contribution in [1.82, 2.24) is 29.1 Å². The van der Waals surface area contributed by atoms with Crippen molar-refractivity contribution in [3.63, 3.8) is 0 Å². The molecule has 0 fully saturated rings. The molecular weight excluding hydrogens is 749 g/mol. The number of benzene rings is 7. The third-order valence-electron chi connectivity index (χ3n) is 11.6. The number of thiophene rings is 2. The minimum atomic E-state index is 0.808. The molecular formula is C50H28N6S2. The molecule has 0 unspecified atom stereocenters. The van der Waals surface area contributed by atoms with Crippen LogP contribution in [0.3, 0.4) is 0 Å². The summed E-state index contributed by atoms with van der Waals surface area (Å²) < 4.78 is 4.84. The lowest BCUT2D eigenvalue weighted by Crippen LogP contribution is -1.96. The average Bonchev–Trinajstić information content (AvgIpc) is 4.04. The molecule has 6 nitrogen and oxygen atoms in total. The van der Waals surface area contributed by atoms with E-state index in [1.807, 2.05) is 0 Å². The van der Waals surface area contributed by atoms with Gasteiger partial charge in [-0.3, -0.25) is 19.9 Å². The highest BCUT2D eigenvalue weighted by Gasteiger charge is 2.28. The lowest BCUT2D eigenvalue weighted by atomic mass is 9.98. The third-order valence-corrected chi connectivity index (χ3v) is 14.0. The van der Waals surface area contributed by atoms with Gasteiger partial charge in [-0.15, -0.1) is 22.7 Å². The summed E-state index contributed by atoms with van der Waals surface area (Å²) in [5, 5.41) is 11.9. The molecule has 6 heterocycles. The summed E-state index contributed by atoms with van der Waals surface area (Å²) in [6.45, 7) is 0. The minimum Gasteiger partial charge on any atom is -0.300 e. The third kappa shape index (κ3) is 4.30. The molecule has 0 atom stereocenters. The summed E-state index contributed by atoms with van der Waals surface area (Å²) in [7, 11) is 0. The topological polar surface area (TPSA) is 61.4 Å². The number of rotatable bonds is 4. The Hall–Kier alpha value is -7.26. The molecule has 0 aliphatic heterocycles. The van der Waals surface area contributed by atoms with Crippen molar-refractivity contribution in [2.45, 2.75) is 0 Å². The summed E-state index contributed by atoms with van der Waals surface area (Å²) >= 11 is 3.56. The van der Waals surface area contributed by atoms with Gasteiger partial charge in [-0.2, -0.15) is 0 Å². The molecule has 13 rings (SSSR count). The van der Waals surface area contributed by atoms with Crippen molar-refractivity contribution in [1.29, 1.82) is 0 Å². The molecule has 13 aromatic rings.